The molecule has 0 aliphatic carbocycles. The van der Waals surface area contributed by atoms with Gasteiger partial charge in [0.05, 0.1) is 22.8 Å². The van der Waals surface area contributed by atoms with E-state index < -0.39 is 0 Å². The molecular weight excluding hydrogens is 540 g/mol. The number of ether oxygens (including phenoxy) is 2. The molecule has 0 unspecified atom stereocenters. The lowest BCUT2D eigenvalue weighted by Gasteiger charge is -2.12. The first-order valence-electron chi connectivity index (χ1n) is 6.65. The van der Waals surface area contributed by atoms with Crippen LogP contribution in [0.2, 0.25) is 0 Å². The number of aliphatic imine (C=N–C) groups is 1. The van der Waals surface area contributed by atoms with Crippen LogP contribution in [-0.2, 0) is 6.42 Å². The number of methoxy groups -OCH3 is 2. The number of benzene rings is 1. The monoisotopic (exact) mass is 559 g/mol. The van der Waals surface area contributed by atoms with Gasteiger partial charge in [0, 0.05) is 23.9 Å². The molecule has 0 saturated heterocycles. The third-order valence-electron chi connectivity index (χ3n) is 2.94. The largest absolute Gasteiger partial charge is 0.497 e. The molecule has 2 aromatic rings. The van der Waals surface area contributed by atoms with Gasteiger partial charge in [0.25, 0.3) is 0 Å². The van der Waals surface area contributed by atoms with Gasteiger partial charge in [0.1, 0.15) is 11.5 Å². The van der Waals surface area contributed by atoms with Crippen LogP contribution < -0.4 is 20.5 Å². The van der Waals surface area contributed by atoms with E-state index in [1.807, 2.05) is 18.2 Å². The number of guanidine groups is 1. The molecule has 0 aliphatic heterocycles. The Balaban J connectivity index is 0.00000264. The first-order chi connectivity index (χ1) is 10.6. The Bertz CT molecular complexity index is 662. The van der Waals surface area contributed by atoms with Crippen molar-refractivity contribution in [2.45, 2.75) is 6.42 Å². The fraction of sp³-hybridized carbons (Fsp3) is 0.267. The number of rotatable bonds is 6. The highest BCUT2D eigenvalue weighted by molar-refractivity contribution is 14.1. The summed E-state index contributed by atoms with van der Waals surface area (Å²) in [5.41, 5.74) is 6.66. The topological polar surface area (TPSA) is 68.9 Å². The molecule has 0 spiro atoms. The van der Waals surface area contributed by atoms with Gasteiger partial charge in [0.15, 0.2) is 5.96 Å². The van der Waals surface area contributed by atoms with Crippen molar-refractivity contribution in [3.8, 4) is 11.5 Å². The molecule has 5 nitrogen and oxygen atoms in total. The van der Waals surface area contributed by atoms with Gasteiger partial charge < -0.3 is 20.5 Å². The van der Waals surface area contributed by atoms with Crippen molar-refractivity contribution in [1.82, 2.24) is 0 Å². The molecule has 0 bridgehead atoms. The highest BCUT2D eigenvalue weighted by atomic mass is 127. The van der Waals surface area contributed by atoms with Crippen molar-refractivity contribution >= 4 is 69.6 Å². The van der Waals surface area contributed by atoms with Crippen LogP contribution in [0.5, 0.6) is 11.5 Å². The Hall–Kier alpha value is -0.750. The van der Waals surface area contributed by atoms with Gasteiger partial charge in [-0.05, 0) is 46.9 Å². The minimum Gasteiger partial charge on any atom is -0.497 e. The first kappa shape index (κ1) is 20.3. The highest BCUT2D eigenvalue weighted by Crippen LogP contribution is 2.28. The zero-order chi connectivity index (χ0) is 15.9. The van der Waals surface area contributed by atoms with Crippen LogP contribution >= 0.6 is 57.9 Å². The van der Waals surface area contributed by atoms with E-state index in [4.69, 9.17) is 15.2 Å². The number of hydrogen-bond donors (Lipinski definition) is 2. The fourth-order valence-electron chi connectivity index (χ4n) is 1.86. The van der Waals surface area contributed by atoms with Crippen LogP contribution in [0.1, 0.15) is 4.88 Å². The van der Waals surface area contributed by atoms with E-state index in [2.05, 4.69) is 45.0 Å². The lowest BCUT2D eigenvalue weighted by molar-refractivity contribution is 0.405. The van der Waals surface area contributed by atoms with Gasteiger partial charge in [-0.25, -0.2) is 0 Å². The van der Waals surface area contributed by atoms with Gasteiger partial charge in [-0.15, -0.1) is 35.3 Å². The lowest BCUT2D eigenvalue weighted by Crippen LogP contribution is -2.23. The van der Waals surface area contributed by atoms with E-state index in [9.17, 15) is 0 Å². The summed E-state index contributed by atoms with van der Waals surface area (Å²) < 4.78 is 11.8. The molecule has 126 valence electrons. The van der Waals surface area contributed by atoms with E-state index >= 15 is 0 Å². The average Bonchev–Trinajstić information content (AvgIpc) is 2.92. The number of hydrogen-bond acceptors (Lipinski definition) is 4. The third kappa shape index (κ3) is 6.34. The minimum atomic E-state index is 0. The van der Waals surface area contributed by atoms with Gasteiger partial charge >= 0.3 is 0 Å². The Morgan fingerprint density at radius 2 is 2.04 bits per heavy atom. The standard InChI is InChI=1S/C15H18IN3O2S.HI/c1-20-10-3-5-13(21-2)12(9-10)19-15(17)18-8-7-11-4-6-14(16)22-11;/h3-6,9H,7-8H2,1-2H3,(H3,17,18,19);1H. The summed E-state index contributed by atoms with van der Waals surface area (Å²) in [5.74, 6) is 1.77. The molecule has 2 rings (SSSR count). The van der Waals surface area contributed by atoms with Crippen molar-refractivity contribution in [2.75, 3.05) is 26.1 Å². The quantitative estimate of drug-likeness (QED) is 0.320. The second-order valence-corrected chi connectivity index (χ2v) is 7.48. The molecule has 1 aromatic heterocycles. The smallest absolute Gasteiger partial charge is 0.193 e. The van der Waals surface area contributed by atoms with Crippen LogP contribution in [0.3, 0.4) is 0 Å². The zero-order valence-electron chi connectivity index (χ0n) is 12.8. The molecule has 1 heterocycles. The van der Waals surface area contributed by atoms with E-state index in [0.29, 0.717) is 18.3 Å². The van der Waals surface area contributed by atoms with Gasteiger partial charge in [-0.3, -0.25) is 4.99 Å². The molecule has 0 fully saturated rings. The van der Waals surface area contributed by atoms with Crippen molar-refractivity contribution < 1.29 is 9.47 Å². The lowest BCUT2D eigenvalue weighted by atomic mass is 10.2. The maximum Gasteiger partial charge on any atom is 0.193 e. The highest BCUT2D eigenvalue weighted by Gasteiger charge is 2.06. The summed E-state index contributed by atoms with van der Waals surface area (Å²) in [6.07, 6.45) is 0.880. The summed E-state index contributed by atoms with van der Waals surface area (Å²) in [6, 6.07) is 9.70. The summed E-state index contributed by atoms with van der Waals surface area (Å²) >= 11 is 4.09. The Morgan fingerprint density at radius 1 is 1.26 bits per heavy atom. The second kappa shape index (κ2) is 10.2. The number of nitrogens with two attached hydrogens (primary N) is 1. The van der Waals surface area contributed by atoms with Gasteiger partial charge in [0.2, 0.25) is 0 Å². The Kier molecular flexibility index (Phi) is 8.99. The molecule has 23 heavy (non-hydrogen) atoms. The number of halogens is 2. The SMILES string of the molecule is COc1ccc(OC)c(NC(N)=NCCc2ccc(I)s2)c1.I. The Labute approximate surface area is 170 Å². The van der Waals surface area contributed by atoms with Gasteiger partial charge in [-0.1, -0.05) is 0 Å². The predicted molar refractivity (Wildman–Crippen MR) is 116 cm³/mol. The number of anilines is 1. The summed E-state index contributed by atoms with van der Waals surface area (Å²) in [7, 11) is 3.23. The predicted octanol–water partition coefficient (Wildman–Crippen LogP) is 3.96. The van der Waals surface area contributed by atoms with Crippen LogP contribution in [-0.4, -0.2) is 26.7 Å². The number of nitrogens with one attached hydrogen (secondary N) is 1. The zero-order valence-corrected chi connectivity index (χ0v) is 18.1. The molecule has 3 N–H and O–H groups in total. The van der Waals surface area contributed by atoms with Crippen molar-refractivity contribution in [3.05, 3.63) is 38.1 Å². The number of thiophene rings is 1. The molecule has 0 radical (unpaired) electrons. The molecule has 0 amide bonds. The summed E-state index contributed by atoms with van der Waals surface area (Å²) in [5, 5.41) is 3.05. The second-order valence-electron chi connectivity index (χ2n) is 4.41. The third-order valence-corrected chi connectivity index (χ3v) is 4.89. The maximum absolute atomic E-state index is 5.93. The molecule has 0 aliphatic rings. The molecule has 0 atom stereocenters. The average molecular weight is 559 g/mol. The van der Waals surface area contributed by atoms with E-state index in [1.165, 1.54) is 7.76 Å². The fourth-order valence-corrected chi connectivity index (χ4v) is 3.61. The molecule has 8 heteroatoms. The van der Waals surface area contributed by atoms with E-state index in [-0.39, 0.29) is 24.0 Å². The van der Waals surface area contributed by atoms with E-state index in [0.717, 1.165) is 17.9 Å². The molecular formula is C15H19I2N3O2S. The van der Waals surface area contributed by atoms with E-state index in [1.54, 1.807) is 25.6 Å². The van der Waals surface area contributed by atoms with Gasteiger partial charge in [-0.2, -0.15) is 0 Å². The first-order valence-corrected chi connectivity index (χ1v) is 8.55. The van der Waals surface area contributed by atoms with Crippen LogP contribution in [0, 0.1) is 2.88 Å². The van der Waals surface area contributed by atoms with Crippen LogP contribution in [0.15, 0.2) is 35.3 Å². The van der Waals surface area contributed by atoms with Crippen LogP contribution in [0.25, 0.3) is 0 Å². The molecule has 0 saturated carbocycles. The number of nitrogens with zero attached hydrogens (tertiary/aromatic N) is 1. The summed E-state index contributed by atoms with van der Waals surface area (Å²) in [6.45, 7) is 0.641. The normalized spacial score (nSPS) is 10.8. The van der Waals surface area contributed by atoms with Crippen molar-refractivity contribution in [2.24, 2.45) is 10.7 Å². The summed E-state index contributed by atoms with van der Waals surface area (Å²) in [4.78, 5) is 5.65. The minimum absolute atomic E-state index is 0. The maximum atomic E-state index is 5.93. The Morgan fingerprint density at radius 3 is 2.65 bits per heavy atom. The van der Waals surface area contributed by atoms with Crippen molar-refractivity contribution in [3.63, 3.8) is 0 Å². The van der Waals surface area contributed by atoms with Crippen molar-refractivity contribution in [1.29, 1.82) is 0 Å². The van der Waals surface area contributed by atoms with Crippen LogP contribution in [0.4, 0.5) is 5.69 Å². The molecule has 1 aromatic carbocycles.